The molecule has 0 aliphatic carbocycles. The molecule has 1 aromatic carbocycles. The largest absolute Gasteiger partial charge is 0.393 e. The molecule has 3 aliphatic heterocycles. The van der Waals surface area contributed by atoms with E-state index in [9.17, 15) is 58.8 Å². The zero-order chi connectivity index (χ0) is 44.2. The highest BCUT2D eigenvalue weighted by Gasteiger charge is 2.45. The van der Waals surface area contributed by atoms with Crippen LogP contribution in [0.5, 0.6) is 0 Å². The molecule has 1 aromatic heterocycles. The molecule has 2 aromatic rings. The third-order valence-electron chi connectivity index (χ3n) is 10.7. The number of nitrogens with zero attached hydrogens (tertiary/aromatic N) is 1. The van der Waals surface area contributed by atoms with Crippen LogP contribution in [-0.2, 0) is 44.8 Å². The minimum atomic E-state index is -2.24. The predicted molar refractivity (Wildman–Crippen MR) is 213 cm³/mol. The highest BCUT2D eigenvalue weighted by atomic mass is 32.2. The number of likely N-dealkylation sites (N-methyl/N-ethyl adjacent to an activating group) is 1. The highest BCUT2D eigenvalue weighted by molar-refractivity contribution is 7.99. The standard InChI is InChI=1S/C38H53N9O12S/c1-16(2)26-33(55)46-27(28(50)35(57)39-5)34(56)43-24-14-60-36-20(19-8-6-7-9-21(19)44-36)11-22(30(52)42-23(31(53)45-26)12-38(4,59)15-48)41-29(51)17(3)40-32(54)25-10-18(49)13-47(25)37(24)58/h6-9,16-18,22-28,44,48-50,59H,10-15H2,1-5H3,(H,39,57)(H,40,54)(H,41,51)(H,42,52)(H,43,56)(H,45,53)(H,46,55). The number of aliphatic hydroxyl groups is 4. The maximum atomic E-state index is 14.5. The molecule has 328 valence electrons. The van der Waals surface area contributed by atoms with Crippen molar-refractivity contribution in [2.24, 2.45) is 5.92 Å². The van der Waals surface area contributed by atoms with Crippen molar-refractivity contribution >= 4 is 69.9 Å². The van der Waals surface area contributed by atoms with Crippen LogP contribution in [0.4, 0.5) is 0 Å². The predicted octanol–water partition coefficient (Wildman–Crippen LogP) is -4.38. The average molecular weight is 860 g/mol. The number of nitrogens with one attached hydrogen (secondary N) is 8. The van der Waals surface area contributed by atoms with Crippen LogP contribution >= 0.6 is 11.8 Å². The Kier molecular flexibility index (Phi) is 14.5. The first-order valence-electron chi connectivity index (χ1n) is 19.5. The van der Waals surface area contributed by atoms with Crippen molar-refractivity contribution in [2.75, 3.05) is 26.0 Å². The summed E-state index contributed by atoms with van der Waals surface area (Å²) >= 11 is 1.02. The van der Waals surface area contributed by atoms with Gasteiger partial charge in [0.15, 0.2) is 6.10 Å². The number of thioether (sulfide) groups is 1. The normalized spacial score (nSPS) is 29.2. The van der Waals surface area contributed by atoms with Gasteiger partial charge < -0.3 is 67.5 Å². The molecule has 10 unspecified atom stereocenters. The summed E-state index contributed by atoms with van der Waals surface area (Å²) in [5.74, 6) is -8.82. The Morgan fingerprint density at radius 2 is 1.55 bits per heavy atom. The van der Waals surface area contributed by atoms with Crippen molar-refractivity contribution in [3.8, 4) is 0 Å². The van der Waals surface area contributed by atoms with Crippen LogP contribution in [-0.4, -0.2) is 164 Å². The molecule has 2 bridgehead atoms. The van der Waals surface area contributed by atoms with E-state index in [1.54, 1.807) is 24.3 Å². The number of carbonyl (C=O) groups is 8. The van der Waals surface area contributed by atoms with Gasteiger partial charge in [0.2, 0.25) is 41.4 Å². The number of aromatic amines is 1. The lowest BCUT2D eigenvalue weighted by Gasteiger charge is -2.32. The maximum Gasteiger partial charge on any atom is 0.251 e. The number of hydrogen-bond acceptors (Lipinski definition) is 13. The number of fused-ring (bicyclic) bond motifs is 5. The summed E-state index contributed by atoms with van der Waals surface area (Å²) in [6.45, 7) is 4.44. The minimum absolute atomic E-state index is 0.235. The van der Waals surface area contributed by atoms with Crippen molar-refractivity contribution in [2.45, 2.75) is 112 Å². The molecule has 0 radical (unpaired) electrons. The Morgan fingerprint density at radius 3 is 2.22 bits per heavy atom. The minimum Gasteiger partial charge on any atom is -0.393 e. The van der Waals surface area contributed by atoms with E-state index in [0.29, 0.717) is 21.5 Å². The number of rotatable bonds is 6. The fraction of sp³-hybridized carbons (Fsp3) is 0.579. The molecule has 0 spiro atoms. The van der Waals surface area contributed by atoms with Gasteiger partial charge in [0.25, 0.3) is 5.91 Å². The number of carbonyl (C=O) groups excluding carboxylic acids is 8. The lowest BCUT2D eigenvalue weighted by atomic mass is 9.95. The van der Waals surface area contributed by atoms with E-state index in [2.05, 4.69) is 42.2 Å². The second-order valence-corrected chi connectivity index (χ2v) is 17.0. The van der Waals surface area contributed by atoms with Crippen LogP contribution < -0.4 is 37.2 Å². The summed E-state index contributed by atoms with van der Waals surface area (Å²) in [4.78, 5) is 116. The molecule has 3 aliphatic rings. The Balaban J connectivity index is 1.73. The monoisotopic (exact) mass is 859 g/mol. The number of amides is 8. The lowest BCUT2D eigenvalue weighted by Crippen LogP contribution is -2.64. The van der Waals surface area contributed by atoms with Crippen LogP contribution in [0.3, 0.4) is 0 Å². The van der Waals surface area contributed by atoms with Crippen LogP contribution in [0.2, 0.25) is 0 Å². The summed E-state index contributed by atoms with van der Waals surface area (Å²) in [6.07, 6.45) is -4.48. The molecular weight excluding hydrogens is 807 g/mol. The molecule has 8 amide bonds. The van der Waals surface area contributed by atoms with Crippen molar-refractivity contribution in [3.63, 3.8) is 0 Å². The summed E-state index contributed by atoms with van der Waals surface area (Å²) in [5, 5.41) is 61.0. The van der Waals surface area contributed by atoms with Gasteiger partial charge >= 0.3 is 0 Å². The van der Waals surface area contributed by atoms with E-state index >= 15 is 0 Å². The molecule has 10 atom stereocenters. The Bertz CT molecular complexity index is 2010. The first-order chi connectivity index (χ1) is 28.2. The second-order valence-electron chi connectivity index (χ2n) is 15.9. The van der Waals surface area contributed by atoms with Gasteiger partial charge in [-0.05, 0) is 31.4 Å². The molecule has 1 fully saturated rings. The molecule has 0 saturated carbocycles. The van der Waals surface area contributed by atoms with Crippen molar-refractivity contribution in [1.29, 1.82) is 0 Å². The maximum absolute atomic E-state index is 14.5. The third-order valence-corrected chi connectivity index (χ3v) is 11.9. The number of hydrogen-bond donors (Lipinski definition) is 12. The second kappa shape index (κ2) is 19.0. The number of aliphatic hydroxyl groups excluding tert-OH is 3. The lowest BCUT2D eigenvalue weighted by molar-refractivity contribution is -0.144. The van der Waals surface area contributed by atoms with E-state index < -0.39 is 126 Å². The summed E-state index contributed by atoms with van der Waals surface area (Å²) in [7, 11) is 1.18. The smallest absolute Gasteiger partial charge is 0.251 e. The van der Waals surface area contributed by atoms with E-state index in [0.717, 1.165) is 16.7 Å². The van der Waals surface area contributed by atoms with Gasteiger partial charge in [-0.1, -0.05) is 32.0 Å². The van der Waals surface area contributed by atoms with Gasteiger partial charge in [-0.25, -0.2) is 0 Å². The molecule has 12 N–H and O–H groups in total. The van der Waals surface area contributed by atoms with Crippen LogP contribution in [0.1, 0.15) is 46.1 Å². The van der Waals surface area contributed by atoms with Crippen LogP contribution in [0.15, 0.2) is 29.3 Å². The summed E-state index contributed by atoms with van der Waals surface area (Å²) in [5.41, 5.74) is -0.891. The van der Waals surface area contributed by atoms with E-state index in [1.165, 1.54) is 34.7 Å². The third kappa shape index (κ3) is 10.3. The van der Waals surface area contributed by atoms with Gasteiger partial charge in [-0.2, -0.15) is 0 Å². The Morgan fingerprint density at radius 1 is 0.900 bits per heavy atom. The molecule has 5 rings (SSSR count). The Hall–Kier alpha value is -5.29. The molecule has 1 saturated heterocycles. The van der Waals surface area contributed by atoms with Gasteiger partial charge in [0.05, 0.1) is 23.3 Å². The zero-order valence-electron chi connectivity index (χ0n) is 33.7. The molecule has 22 heteroatoms. The number of benzene rings is 1. The number of H-pyrrole nitrogens is 1. The van der Waals surface area contributed by atoms with E-state index in [1.807, 2.05) is 0 Å². The topological polar surface area (TPSA) is 321 Å². The summed E-state index contributed by atoms with van der Waals surface area (Å²) in [6, 6.07) is -3.90. The zero-order valence-corrected chi connectivity index (χ0v) is 34.6. The fourth-order valence-electron chi connectivity index (χ4n) is 7.30. The van der Waals surface area contributed by atoms with Gasteiger partial charge in [0.1, 0.15) is 42.3 Å². The molecule has 4 heterocycles. The first kappa shape index (κ1) is 45.8. The molecular formula is C38H53N9O12S. The SMILES string of the molecule is CNC(=O)C(O)C1NC(=O)C(C(C)C)NC(=O)C(CC(C)(O)CO)NC(=O)C2Cc3c([nH]c4ccccc34)SCC(NC1=O)C(=O)N1CC(O)CC1C(=O)NC(C)C(=O)N2. The van der Waals surface area contributed by atoms with Crippen LogP contribution in [0.25, 0.3) is 10.9 Å². The van der Waals surface area contributed by atoms with Gasteiger partial charge in [0, 0.05) is 49.5 Å². The van der Waals surface area contributed by atoms with Crippen molar-refractivity contribution < 1.29 is 58.8 Å². The van der Waals surface area contributed by atoms with Gasteiger partial charge in [-0.15, -0.1) is 11.8 Å². The highest BCUT2D eigenvalue weighted by Crippen LogP contribution is 2.32. The van der Waals surface area contributed by atoms with Crippen molar-refractivity contribution in [1.82, 2.24) is 47.1 Å². The van der Waals surface area contributed by atoms with Crippen molar-refractivity contribution in [3.05, 3.63) is 29.8 Å². The van der Waals surface area contributed by atoms with E-state index in [-0.39, 0.29) is 25.1 Å². The Labute approximate surface area is 348 Å². The van der Waals surface area contributed by atoms with E-state index in [4.69, 9.17) is 0 Å². The first-order valence-corrected chi connectivity index (χ1v) is 20.5. The van der Waals surface area contributed by atoms with Crippen LogP contribution in [0, 0.1) is 5.92 Å². The number of para-hydroxylation sites is 1. The summed E-state index contributed by atoms with van der Waals surface area (Å²) < 4.78 is 0. The molecule has 60 heavy (non-hydrogen) atoms. The average Bonchev–Trinajstić information content (AvgIpc) is 3.77. The number of aromatic nitrogens is 1. The molecule has 21 nitrogen and oxygen atoms in total. The quantitative estimate of drug-likeness (QED) is 0.131. The fourth-order valence-corrected chi connectivity index (χ4v) is 8.41. The van der Waals surface area contributed by atoms with Gasteiger partial charge in [-0.3, -0.25) is 38.4 Å².